The van der Waals surface area contributed by atoms with E-state index in [1.54, 1.807) is 13.8 Å². The summed E-state index contributed by atoms with van der Waals surface area (Å²) < 4.78 is 27.7. The van der Waals surface area contributed by atoms with Gasteiger partial charge in [-0.2, -0.15) is 0 Å². The van der Waals surface area contributed by atoms with Crippen molar-refractivity contribution in [1.29, 1.82) is 0 Å². The average molecular weight is 392 g/mol. The molecule has 0 amide bonds. The van der Waals surface area contributed by atoms with Gasteiger partial charge in [-0.15, -0.1) is 0 Å². The summed E-state index contributed by atoms with van der Waals surface area (Å²) in [5.74, 6) is 0. The SMILES string of the molecule is Cc1cc([N+](=O)[O-])cc(S(=O)(=O)Nc2ncc(Br)s2)c1C. The van der Waals surface area contributed by atoms with Gasteiger partial charge in [0, 0.05) is 12.1 Å². The van der Waals surface area contributed by atoms with Gasteiger partial charge in [0.15, 0.2) is 5.13 Å². The van der Waals surface area contributed by atoms with Crippen LogP contribution in [0.2, 0.25) is 0 Å². The molecule has 7 nitrogen and oxygen atoms in total. The quantitative estimate of drug-likeness (QED) is 0.636. The Hall–Kier alpha value is -1.52. The second-order valence-electron chi connectivity index (χ2n) is 4.22. The fourth-order valence-corrected chi connectivity index (χ4v) is 4.35. The fourth-order valence-electron chi connectivity index (χ4n) is 1.66. The lowest BCUT2D eigenvalue weighted by Crippen LogP contribution is -2.15. The highest BCUT2D eigenvalue weighted by atomic mass is 79.9. The van der Waals surface area contributed by atoms with Gasteiger partial charge in [0.25, 0.3) is 15.7 Å². The first-order valence-corrected chi connectivity index (χ1v) is 8.70. The molecule has 2 aromatic rings. The molecule has 10 heteroatoms. The van der Waals surface area contributed by atoms with Crippen molar-refractivity contribution >= 4 is 48.1 Å². The first kappa shape index (κ1) is 15.9. The number of sulfonamides is 1. The van der Waals surface area contributed by atoms with E-state index in [9.17, 15) is 18.5 Å². The standard InChI is InChI=1S/C11H10BrN3O4S2/c1-6-3-8(15(16)17)4-9(7(6)2)21(18,19)14-11-13-5-10(12)20-11/h3-5H,1-2H3,(H,13,14). The lowest BCUT2D eigenvalue weighted by molar-refractivity contribution is -0.385. The number of hydrogen-bond acceptors (Lipinski definition) is 6. The lowest BCUT2D eigenvalue weighted by Gasteiger charge is -2.10. The molecule has 0 fully saturated rings. The van der Waals surface area contributed by atoms with Crippen molar-refractivity contribution in [2.75, 3.05) is 4.72 Å². The molecule has 0 radical (unpaired) electrons. The van der Waals surface area contributed by atoms with E-state index in [4.69, 9.17) is 0 Å². The normalized spacial score (nSPS) is 11.4. The molecule has 0 atom stereocenters. The summed E-state index contributed by atoms with van der Waals surface area (Å²) in [6.07, 6.45) is 1.47. The van der Waals surface area contributed by atoms with Gasteiger partial charge in [0.1, 0.15) is 0 Å². The van der Waals surface area contributed by atoms with Gasteiger partial charge in [0.05, 0.1) is 19.8 Å². The van der Waals surface area contributed by atoms with Gasteiger partial charge >= 0.3 is 0 Å². The number of halogens is 1. The summed E-state index contributed by atoms with van der Waals surface area (Å²) in [5.41, 5.74) is 0.729. The number of nitrogens with one attached hydrogen (secondary N) is 1. The molecule has 112 valence electrons. The molecule has 1 heterocycles. The average Bonchev–Trinajstić information content (AvgIpc) is 2.76. The van der Waals surface area contributed by atoms with Crippen molar-refractivity contribution in [3.05, 3.63) is 43.4 Å². The smallest absolute Gasteiger partial charge is 0.258 e. The van der Waals surface area contributed by atoms with Crippen LogP contribution in [0.3, 0.4) is 0 Å². The van der Waals surface area contributed by atoms with Gasteiger partial charge in [-0.25, -0.2) is 13.4 Å². The summed E-state index contributed by atoms with van der Waals surface area (Å²) in [5, 5.41) is 11.1. The van der Waals surface area contributed by atoms with Crippen LogP contribution in [0.1, 0.15) is 11.1 Å². The Morgan fingerprint density at radius 2 is 2.05 bits per heavy atom. The van der Waals surface area contributed by atoms with E-state index >= 15 is 0 Å². The molecule has 0 aliphatic rings. The van der Waals surface area contributed by atoms with Gasteiger partial charge < -0.3 is 0 Å². The third-order valence-corrected chi connectivity index (χ3v) is 5.79. The first-order valence-electron chi connectivity index (χ1n) is 5.60. The largest absolute Gasteiger partial charge is 0.271 e. The van der Waals surface area contributed by atoms with Crippen LogP contribution in [0.15, 0.2) is 27.0 Å². The Kier molecular flexibility index (Phi) is 4.30. The van der Waals surface area contributed by atoms with E-state index < -0.39 is 14.9 Å². The van der Waals surface area contributed by atoms with Crippen LogP contribution in [0.4, 0.5) is 10.8 Å². The third kappa shape index (κ3) is 3.39. The molecule has 2 rings (SSSR count). The molecular weight excluding hydrogens is 382 g/mol. The van der Waals surface area contributed by atoms with Crippen molar-refractivity contribution < 1.29 is 13.3 Å². The summed E-state index contributed by atoms with van der Waals surface area (Å²) >= 11 is 4.30. The molecular formula is C11H10BrN3O4S2. The van der Waals surface area contributed by atoms with Gasteiger partial charge in [0.2, 0.25) is 0 Å². The van der Waals surface area contributed by atoms with Crippen LogP contribution in [0, 0.1) is 24.0 Å². The molecule has 0 aliphatic heterocycles. The second-order valence-corrected chi connectivity index (χ2v) is 8.28. The Bertz CT molecular complexity index is 817. The van der Waals surface area contributed by atoms with Crippen molar-refractivity contribution in [1.82, 2.24) is 4.98 Å². The predicted octanol–water partition coefficient (Wildman–Crippen LogP) is 3.23. The molecule has 0 spiro atoms. The zero-order chi connectivity index (χ0) is 15.8. The highest BCUT2D eigenvalue weighted by molar-refractivity contribution is 9.11. The molecule has 1 N–H and O–H groups in total. The minimum absolute atomic E-state index is 0.125. The maximum atomic E-state index is 12.4. The maximum Gasteiger partial charge on any atom is 0.271 e. The minimum atomic E-state index is -3.94. The van der Waals surface area contributed by atoms with Gasteiger partial charge in [-0.3, -0.25) is 14.8 Å². The van der Waals surface area contributed by atoms with Crippen molar-refractivity contribution in [2.24, 2.45) is 0 Å². The number of nitro groups is 1. The molecule has 0 aliphatic carbocycles. The summed E-state index contributed by atoms with van der Waals surface area (Å²) in [4.78, 5) is 14.0. The van der Waals surface area contributed by atoms with Crippen LogP contribution >= 0.6 is 27.3 Å². The van der Waals surface area contributed by atoms with E-state index in [0.717, 1.165) is 17.4 Å². The van der Waals surface area contributed by atoms with Crippen LogP contribution in [-0.2, 0) is 10.0 Å². The highest BCUT2D eigenvalue weighted by Gasteiger charge is 2.23. The zero-order valence-electron chi connectivity index (χ0n) is 11.0. The fraction of sp³-hybridized carbons (Fsp3) is 0.182. The molecule has 1 aromatic heterocycles. The van der Waals surface area contributed by atoms with E-state index in [0.29, 0.717) is 14.9 Å². The van der Waals surface area contributed by atoms with Crippen molar-refractivity contribution in [2.45, 2.75) is 18.7 Å². The summed E-state index contributed by atoms with van der Waals surface area (Å²) in [6, 6.07) is 2.39. The highest BCUT2D eigenvalue weighted by Crippen LogP contribution is 2.29. The lowest BCUT2D eigenvalue weighted by atomic mass is 10.1. The third-order valence-electron chi connectivity index (χ3n) is 2.80. The van der Waals surface area contributed by atoms with Gasteiger partial charge in [-0.1, -0.05) is 11.3 Å². The number of non-ortho nitro benzene ring substituents is 1. The molecule has 0 unspecified atom stereocenters. The Morgan fingerprint density at radius 1 is 1.38 bits per heavy atom. The second kappa shape index (κ2) is 5.70. The zero-order valence-corrected chi connectivity index (χ0v) is 14.2. The number of aryl methyl sites for hydroxylation is 1. The number of hydrogen-bond donors (Lipinski definition) is 1. The Balaban J connectivity index is 2.51. The predicted molar refractivity (Wildman–Crippen MR) is 83.2 cm³/mol. The maximum absolute atomic E-state index is 12.4. The Morgan fingerprint density at radius 3 is 2.57 bits per heavy atom. The molecule has 21 heavy (non-hydrogen) atoms. The molecule has 0 saturated carbocycles. The monoisotopic (exact) mass is 391 g/mol. The van der Waals surface area contributed by atoms with E-state index in [1.807, 2.05) is 0 Å². The van der Waals surface area contributed by atoms with E-state index in [1.165, 1.54) is 12.3 Å². The Labute approximate surface area is 133 Å². The number of benzene rings is 1. The summed E-state index contributed by atoms with van der Waals surface area (Å²) in [7, 11) is -3.94. The number of aromatic nitrogens is 1. The minimum Gasteiger partial charge on any atom is -0.258 e. The van der Waals surface area contributed by atoms with Crippen LogP contribution in [0.25, 0.3) is 0 Å². The van der Waals surface area contributed by atoms with Crippen molar-refractivity contribution in [3.63, 3.8) is 0 Å². The number of nitro benzene ring substituents is 1. The first-order chi connectivity index (χ1) is 9.70. The van der Waals surface area contributed by atoms with Crippen molar-refractivity contribution in [3.8, 4) is 0 Å². The van der Waals surface area contributed by atoms with Crippen LogP contribution in [0.5, 0.6) is 0 Å². The topological polar surface area (TPSA) is 102 Å². The molecule has 0 saturated heterocycles. The molecule has 0 bridgehead atoms. The van der Waals surface area contributed by atoms with E-state index in [-0.39, 0.29) is 15.7 Å². The molecule has 1 aromatic carbocycles. The number of anilines is 1. The summed E-state index contributed by atoms with van der Waals surface area (Å²) in [6.45, 7) is 3.23. The van der Waals surface area contributed by atoms with Gasteiger partial charge in [-0.05, 0) is 40.9 Å². The van der Waals surface area contributed by atoms with Crippen LogP contribution in [-0.4, -0.2) is 18.3 Å². The van der Waals surface area contributed by atoms with E-state index in [2.05, 4.69) is 25.6 Å². The number of rotatable bonds is 4. The number of thiazole rings is 1. The number of nitrogens with zero attached hydrogens (tertiary/aromatic N) is 2. The van der Waals surface area contributed by atoms with Crippen LogP contribution < -0.4 is 4.72 Å².